The molecule has 1 aromatic heterocycles. The molecule has 0 atom stereocenters. The highest BCUT2D eigenvalue weighted by atomic mass is 32.2. The van der Waals surface area contributed by atoms with Crippen molar-refractivity contribution in [3.63, 3.8) is 0 Å². The van der Waals surface area contributed by atoms with Crippen LogP contribution in [-0.2, 0) is 20.8 Å². The molecule has 31 heavy (non-hydrogen) atoms. The number of aryl methyl sites for hydroxylation is 1. The molecule has 3 aromatic rings. The molecule has 3 rings (SSSR count). The van der Waals surface area contributed by atoms with E-state index < -0.39 is 6.29 Å². The van der Waals surface area contributed by atoms with Crippen LogP contribution in [0.15, 0.2) is 58.5 Å². The zero-order valence-electron chi connectivity index (χ0n) is 18.0. The van der Waals surface area contributed by atoms with Crippen molar-refractivity contribution in [2.75, 3.05) is 24.3 Å². The van der Waals surface area contributed by atoms with Crippen LogP contribution in [0, 0.1) is 6.92 Å². The van der Waals surface area contributed by atoms with Crippen LogP contribution in [0.5, 0.6) is 0 Å². The number of rotatable bonds is 10. The standard InChI is InChI=1S/C23H27N3O4S/c1-4-29-21(30-5-2)14-26-22(28)18-8-6-7-9-19(18)25-23(26)31-15-20(27)24-17-12-10-16(3)11-13-17/h6-13,21H,4-5,14-15H2,1-3H3,(H,24,27). The lowest BCUT2D eigenvalue weighted by Crippen LogP contribution is -2.32. The topological polar surface area (TPSA) is 82.5 Å². The Morgan fingerprint density at radius 1 is 1.10 bits per heavy atom. The number of hydrogen-bond acceptors (Lipinski definition) is 6. The molecule has 0 fully saturated rings. The summed E-state index contributed by atoms with van der Waals surface area (Å²) in [5, 5.41) is 3.84. The molecular formula is C23H27N3O4S. The van der Waals surface area contributed by atoms with Gasteiger partial charge in [-0.15, -0.1) is 0 Å². The van der Waals surface area contributed by atoms with Crippen molar-refractivity contribution in [1.29, 1.82) is 0 Å². The Bertz CT molecular complexity index is 1080. The number of ether oxygens (including phenoxy) is 2. The molecule has 2 aromatic carbocycles. The van der Waals surface area contributed by atoms with Crippen molar-refractivity contribution in [2.24, 2.45) is 0 Å². The van der Waals surface area contributed by atoms with E-state index in [-0.39, 0.29) is 23.8 Å². The second-order valence-electron chi connectivity index (χ2n) is 6.87. The summed E-state index contributed by atoms with van der Waals surface area (Å²) in [6.45, 7) is 6.85. The molecule has 8 heteroatoms. The SMILES string of the molecule is CCOC(Cn1c(SCC(=O)Nc2ccc(C)cc2)nc2ccccc2c1=O)OCC. The average Bonchev–Trinajstić information content (AvgIpc) is 2.76. The number of nitrogens with one attached hydrogen (secondary N) is 1. The predicted octanol–water partition coefficient (Wildman–Crippen LogP) is 3.83. The summed E-state index contributed by atoms with van der Waals surface area (Å²) in [4.78, 5) is 30.3. The van der Waals surface area contributed by atoms with E-state index in [9.17, 15) is 9.59 Å². The van der Waals surface area contributed by atoms with Gasteiger partial charge >= 0.3 is 0 Å². The Kier molecular flexibility index (Phi) is 8.22. The third kappa shape index (κ3) is 6.16. The van der Waals surface area contributed by atoms with Crippen LogP contribution >= 0.6 is 11.8 Å². The maximum absolute atomic E-state index is 13.2. The van der Waals surface area contributed by atoms with Crippen LogP contribution in [0.4, 0.5) is 5.69 Å². The predicted molar refractivity (Wildman–Crippen MR) is 124 cm³/mol. The molecule has 0 saturated carbocycles. The third-order valence-electron chi connectivity index (χ3n) is 4.53. The minimum absolute atomic E-state index is 0.118. The van der Waals surface area contributed by atoms with Gasteiger partial charge in [0.25, 0.3) is 5.56 Å². The molecule has 0 aliphatic heterocycles. The number of amides is 1. The van der Waals surface area contributed by atoms with Crippen molar-refractivity contribution in [3.05, 3.63) is 64.4 Å². The lowest BCUT2D eigenvalue weighted by Gasteiger charge is -2.20. The zero-order chi connectivity index (χ0) is 22.2. The van der Waals surface area contributed by atoms with Crippen molar-refractivity contribution >= 4 is 34.3 Å². The Morgan fingerprint density at radius 3 is 2.45 bits per heavy atom. The maximum atomic E-state index is 13.2. The summed E-state index contributed by atoms with van der Waals surface area (Å²) in [7, 11) is 0. The molecule has 1 N–H and O–H groups in total. The minimum Gasteiger partial charge on any atom is -0.351 e. The van der Waals surface area contributed by atoms with Gasteiger partial charge in [0.2, 0.25) is 5.91 Å². The third-order valence-corrected chi connectivity index (χ3v) is 5.51. The number of carbonyl (C=O) groups excluding carboxylic acids is 1. The summed E-state index contributed by atoms with van der Waals surface area (Å²) in [6.07, 6.45) is -0.573. The number of thioether (sulfide) groups is 1. The molecule has 0 saturated heterocycles. The molecule has 0 unspecified atom stereocenters. The molecule has 164 valence electrons. The van der Waals surface area contributed by atoms with Gasteiger partial charge in [-0.3, -0.25) is 14.2 Å². The molecular weight excluding hydrogens is 414 g/mol. The van der Waals surface area contributed by atoms with Gasteiger partial charge in [0.05, 0.1) is 23.2 Å². The molecule has 0 spiro atoms. The first kappa shape index (κ1) is 23.0. The quantitative estimate of drug-likeness (QED) is 0.292. The van der Waals surface area contributed by atoms with Crippen LogP contribution in [0.2, 0.25) is 0 Å². The van der Waals surface area contributed by atoms with E-state index >= 15 is 0 Å². The van der Waals surface area contributed by atoms with E-state index in [1.54, 1.807) is 18.2 Å². The number of aromatic nitrogens is 2. The largest absolute Gasteiger partial charge is 0.351 e. The van der Waals surface area contributed by atoms with Crippen LogP contribution in [0.3, 0.4) is 0 Å². The highest BCUT2D eigenvalue weighted by molar-refractivity contribution is 7.99. The minimum atomic E-state index is -0.573. The fourth-order valence-corrected chi connectivity index (χ4v) is 3.87. The summed E-state index contributed by atoms with van der Waals surface area (Å²) >= 11 is 1.21. The molecule has 0 aliphatic carbocycles. The maximum Gasteiger partial charge on any atom is 0.262 e. The number of anilines is 1. The van der Waals surface area contributed by atoms with Crippen LogP contribution in [-0.4, -0.2) is 40.7 Å². The van der Waals surface area contributed by atoms with Gasteiger partial charge < -0.3 is 14.8 Å². The molecule has 0 aliphatic rings. The van der Waals surface area contributed by atoms with E-state index in [2.05, 4.69) is 10.3 Å². The van der Waals surface area contributed by atoms with Crippen molar-refractivity contribution in [1.82, 2.24) is 9.55 Å². The number of benzene rings is 2. The summed E-state index contributed by atoms with van der Waals surface area (Å²) in [6, 6.07) is 14.8. The van der Waals surface area contributed by atoms with Crippen molar-refractivity contribution in [2.45, 2.75) is 38.8 Å². The Hall–Kier alpha value is -2.68. The molecule has 1 heterocycles. The monoisotopic (exact) mass is 441 g/mol. The van der Waals surface area contributed by atoms with Gasteiger partial charge in [-0.1, -0.05) is 41.6 Å². The van der Waals surface area contributed by atoms with Gasteiger partial charge in [-0.2, -0.15) is 0 Å². The molecule has 1 amide bonds. The van der Waals surface area contributed by atoms with Gasteiger partial charge in [-0.25, -0.2) is 4.98 Å². The van der Waals surface area contributed by atoms with Crippen molar-refractivity contribution < 1.29 is 14.3 Å². The van der Waals surface area contributed by atoms with Gasteiger partial charge in [0, 0.05) is 18.9 Å². The van der Waals surface area contributed by atoms with E-state index in [4.69, 9.17) is 9.47 Å². The molecule has 0 radical (unpaired) electrons. The normalized spacial score (nSPS) is 11.2. The van der Waals surface area contributed by atoms with E-state index in [1.807, 2.05) is 51.1 Å². The Balaban J connectivity index is 1.84. The zero-order valence-corrected chi connectivity index (χ0v) is 18.8. The number of carbonyl (C=O) groups is 1. The van der Waals surface area contributed by atoms with Gasteiger partial charge in [0.1, 0.15) is 0 Å². The first-order valence-electron chi connectivity index (χ1n) is 10.2. The smallest absolute Gasteiger partial charge is 0.262 e. The Labute approximate surface area is 185 Å². The Morgan fingerprint density at radius 2 is 1.77 bits per heavy atom. The van der Waals surface area contributed by atoms with Crippen LogP contribution in [0.25, 0.3) is 10.9 Å². The second-order valence-corrected chi connectivity index (χ2v) is 7.81. The average molecular weight is 442 g/mol. The number of para-hydroxylation sites is 1. The first-order valence-corrected chi connectivity index (χ1v) is 11.2. The van der Waals surface area contributed by atoms with E-state index in [1.165, 1.54) is 16.3 Å². The number of nitrogens with zero attached hydrogens (tertiary/aromatic N) is 2. The van der Waals surface area contributed by atoms with E-state index in [0.717, 1.165) is 11.3 Å². The molecule has 7 nitrogen and oxygen atoms in total. The van der Waals surface area contributed by atoms with Crippen molar-refractivity contribution in [3.8, 4) is 0 Å². The highest BCUT2D eigenvalue weighted by Gasteiger charge is 2.18. The fraction of sp³-hybridized carbons (Fsp3) is 0.348. The summed E-state index contributed by atoms with van der Waals surface area (Å²) < 4.78 is 12.8. The second kappa shape index (κ2) is 11.1. The van der Waals surface area contributed by atoms with Gasteiger partial charge in [0.15, 0.2) is 11.4 Å². The summed E-state index contributed by atoms with van der Waals surface area (Å²) in [5.41, 5.74) is 2.26. The van der Waals surface area contributed by atoms with Gasteiger partial charge in [-0.05, 0) is 45.0 Å². The fourth-order valence-electron chi connectivity index (χ4n) is 3.06. The van der Waals surface area contributed by atoms with Crippen LogP contribution < -0.4 is 10.9 Å². The van der Waals surface area contributed by atoms with Crippen LogP contribution in [0.1, 0.15) is 19.4 Å². The highest BCUT2D eigenvalue weighted by Crippen LogP contribution is 2.19. The number of fused-ring (bicyclic) bond motifs is 1. The first-order chi connectivity index (χ1) is 15.0. The molecule has 0 bridgehead atoms. The number of hydrogen-bond donors (Lipinski definition) is 1. The van der Waals surface area contributed by atoms with E-state index in [0.29, 0.717) is 29.3 Å². The lowest BCUT2D eigenvalue weighted by atomic mass is 10.2. The summed E-state index contributed by atoms with van der Waals surface area (Å²) in [5.74, 6) is -0.0546. The lowest BCUT2D eigenvalue weighted by molar-refractivity contribution is -0.144.